The van der Waals surface area contributed by atoms with Crippen LogP contribution in [-0.4, -0.2) is 16.1 Å². The van der Waals surface area contributed by atoms with Crippen molar-refractivity contribution in [2.45, 2.75) is 6.92 Å². The molecule has 0 atom stereocenters. The summed E-state index contributed by atoms with van der Waals surface area (Å²) < 4.78 is 0. The smallest absolute Gasteiger partial charge is 0.258 e. The van der Waals surface area contributed by atoms with Crippen molar-refractivity contribution in [1.82, 2.24) is 10.2 Å². The number of nitrogen functional groups attached to an aromatic ring is 1. The second kappa shape index (κ2) is 4.47. The molecular formula is C11H11ClN4O. The molecule has 0 unspecified atom stereocenters. The molecule has 6 heteroatoms. The minimum atomic E-state index is -0.339. The predicted molar refractivity (Wildman–Crippen MR) is 67.1 cm³/mol. The van der Waals surface area contributed by atoms with E-state index < -0.39 is 0 Å². The molecule has 5 nitrogen and oxygen atoms in total. The van der Waals surface area contributed by atoms with Gasteiger partial charge in [0, 0.05) is 17.4 Å². The van der Waals surface area contributed by atoms with Crippen molar-refractivity contribution in [3.8, 4) is 0 Å². The first kappa shape index (κ1) is 11.5. The third kappa shape index (κ3) is 2.57. The minimum absolute atomic E-state index is 0.326. The van der Waals surface area contributed by atoms with Gasteiger partial charge < -0.3 is 11.1 Å². The van der Waals surface area contributed by atoms with E-state index in [0.717, 1.165) is 5.69 Å². The second-order valence-electron chi connectivity index (χ2n) is 3.63. The Balaban J connectivity index is 2.22. The van der Waals surface area contributed by atoms with Crippen LogP contribution in [0.1, 0.15) is 16.1 Å². The molecule has 88 valence electrons. The molecule has 1 amide bonds. The topological polar surface area (TPSA) is 83.8 Å². The quantitative estimate of drug-likeness (QED) is 0.715. The van der Waals surface area contributed by atoms with Crippen LogP contribution in [0.15, 0.2) is 24.3 Å². The normalized spacial score (nSPS) is 10.2. The third-order valence-corrected chi connectivity index (χ3v) is 2.51. The highest BCUT2D eigenvalue weighted by molar-refractivity contribution is 6.34. The lowest BCUT2D eigenvalue weighted by Gasteiger charge is -2.04. The van der Waals surface area contributed by atoms with Crippen molar-refractivity contribution in [2.75, 3.05) is 11.1 Å². The maximum Gasteiger partial charge on any atom is 0.258 e. The van der Waals surface area contributed by atoms with Gasteiger partial charge in [0.1, 0.15) is 0 Å². The molecule has 0 aliphatic rings. The Morgan fingerprint density at radius 2 is 2.24 bits per heavy atom. The van der Waals surface area contributed by atoms with E-state index in [1.165, 1.54) is 6.07 Å². The number of aromatic amines is 1. The summed E-state index contributed by atoms with van der Waals surface area (Å²) in [5.74, 6) is 0.111. The Kier molecular flexibility index (Phi) is 3.01. The predicted octanol–water partition coefficient (Wildman–Crippen LogP) is 2.21. The lowest BCUT2D eigenvalue weighted by molar-refractivity contribution is 0.102. The van der Waals surface area contributed by atoms with Gasteiger partial charge in [-0.1, -0.05) is 11.6 Å². The molecule has 1 heterocycles. The number of H-pyrrole nitrogens is 1. The molecular weight excluding hydrogens is 240 g/mol. The minimum Gasteiger partial charge on any atom is -0.399 e. The van der Waals surface area contributed by atoms with Crippen LogP contribution in [-0.2, 0) is 0 Å². The first-order chi connectivity index (χ1) is 8.06. The van der Waals surface area contributed by atoms with Crippen molar-refractivity contribution >= 4 is 29.0 Å². The Labute approximate surface area is 103 Å². The van der Waals surface area contributed by atoms with Crippen molar-refractivity contribution < 1.29 is 4.79 Å². The molecule has 0 spiro atoms. The molecule has 0 bridgehead atoms. The molecule has 0 aliphatic carbocycles. The third-order valence-electron chi connectivity index (χ3n) is 2.18. The number of nitrogens with zero attached hydrogens (tertiary/aromatic N) is 1. The number of anilines is 2. The van der Waals surface area contributed by atoms with Gasteiger partial charge in [0.15, 0.2) is 5.82 Å². The van der Waals surface area contributed by atoms with Gasteiger partial charge in [0.2, 0.25) is 0 Å². The SMILES string of the molecule is Cc1cc(NC(=O)c2cc(N)ccc2Cl)n[nH]1. The molecule has 4 N–H and O–H groups in total. The van der Waals surface area contributed by atoms with E-state index in [9.17, 15) is 4.79 Å². The molecule has 17 heavy (non-hydrogen) atoms. The zero-order valence-electron chi connectivity index (χ0n) is 9.12. The van der Waals surface area contributed by atoms with Crippen molar-refractivity contribution in [3.05, 3.63) is 40.5 Å². The first-order valence-electron chi connectivity index (χ1n) is 4.94. The van der Waals surface area contributed by atoms with Gasteiger partial charge in [-0.15, -0.1) is 0 Å². The molecule has 0 saturated heterocycles. The Bertz CT molecular complexity index is 564. The number of nitrogens with one attached hydrogen (secondary N) is 2. The zero-order valence-corrected chi connectivity index (χ0v) is 9.88. The molecule has 0 radical (unpaired) electrons. The van der Waals surface area contributed by atoms with Gasteiger partial charge in [-0.2, -0.15) is 5.10 Å². The fraction of sp³-hybridized carbons (Fsp3) is 0.0909. The summed E-state index contributed by atoms with van der Waals surface area (Å²) in [4.78, 5) is 11.9. The van der Waals surface area contributed by atoms with Gasteiger partial charge >= 0.3 is 0 Å². The number of halogens is 1. The number of aromatic nitrogens is 2. The molecule has 2 aromatic rings. The number of aryl methyl sites for hydroxylation is 1. The Hall–Kier alpha value is -2.01. The van der Waals surface area contributed by atoms with E-state index in [1.807, 2.05) is 6.92 Å². The Morgan fingerprint density at radius 1 is 1.47 bits per heavy atom. The summed E-state index contributed by atoms with van der Waals surface area (Å²) in [6.45, 7) is 1.84. The monoisotopic (exact) mass is 250 g/mol. The number of carbonyl (C=O) groups is 1. The van der Waals surface area contributed by atoms with E-state index in [1.54, 1.807) is 18.2 Å². The van der Waals surface area contributed by atoms with Crippen LogP contribution in [0.4, 0.5) is 11.5 Å². The van der Waals surface area contributed by atoms with Gasteiger partial charge in [0.25, 0.3) is 5.91 Å². The summed E-state index contributed by atoms with van der Waals surface area (Å²) in [7, 11) is 0. The summed E-state index contributed by atoms with van der Waals surface area (Å²) in [5.41, 5.74) is 7.27. The number of hydrogen-bond acceptors (Lipinski definition) is 3. The fourth-order valence-electron chi connectivity index (χ4n) is 1.38. The van der Waals surface area contributed by atoms with Crippen LogP contribution in [0.25, 0.3) is 0 Å². The van der Waals surface area contributed by atoms with E-state index in [-0.39, 0.29) is 5.91 Å². The van der Waals surface area contributed by atoms with E-state index >= 15 is 0 Å². The van der Waals surface area contributed by atoms with Crippen LogP contribution in [0.5, 0.6) is 0 Å². The number of nitrogens with two attached hydrogens (primary N) is 1. The highest BCUT2D eigenvalue weighted by Gasteiger charge is 2.12. The van der Waals surface area contributed by atoms with Crippen LogP contribution in [0, 0.1) is 6.92 Å². The number of carbonyl (C=O) groups excluding carboxylic acids is 1. The van der Waals surface area contributed by atoms with Gasteiger partial charge in [-0.05, 0) is 25.1 Å². The average Bonchev–Trinajstić information content (AvgIpc) is 2.67. The molecule has 0 aliphatic heterocycles. The summed E-state index contributed by atoms with van der Waals surface area (Å²) in [6.07, 6.45) is 0. The molecule has 2 rings (SSSR count). The Morgan fingerprint density at radius 3 is 2.88 bits per heavy atom. The fourth-order valence-corrected chi connectivity index (χ4v) is 1.59. The van der Waals surface area contributed by atoms with Crippen molar-refractivity contribution in [3.63, 3.8) is 0 Å². The van der Waals surface area contributed by atoms with Gasteiger partial charge in [-0.3, -0.25) is 9.89 Å². The summed E-state index contributed by atoms with van der Waals surface area (Å²) in [5, 5.41) is 9.61. The van der Waals surface area contributed by atoms with Gasteiger partial charge in [0.05, 0.1) is 10.6 Å². The largest absolute Gasteiger partial charge is 0.399 e. The zero-order chi connectivity index (χ0) is 12.4. The number of hydrogen-bond donors (Lipinski definition) is 3. The van der Waals surface area contributed by atoms with Crippen LogP contribution in [0.3, 0.4) is 0 Å². The number of amides is 1. The molecule has 0 fully saturated rings. The first-order valence-corrected chi connectivity index (χ1v) is 5.32. The lowest BCUT2D eigenvalue weighted by atomic mass is 10.2. The maximum absolute atomic E-state index is 11.9. The average molecular weight is 251 g/mol. The lowest BCUT2D eigenvalue weighted by Crippen LogP contribution is -2.13. The standard InChI is InChI=1S/C11H11ClN4O/c1-6-4-10(16-15-6)14-11(17)8-5-7(13)2-3-9(8)12/h2-5H,13H2,1H3,(H2,14,15,16,17). The van der Waals surface area contributed by atoms with E-state index in [2.05, 4.69) is 15.5 Å². The highest BCUT2D eigenvalue weighted by atomic mass is 35.5. The van der Waals surface area contributed by atoms with Crippen LogP contribution >= 0.6 is 11.6 Å². The number of benzene rings is 1. The second-order valence-corrected chi connectivity index (χ2v) is 4.04. The number of rotatable bonds is 2. The molecule has 0 saturated carbocycles. The van der Waals surface area contributed by atoms with E-state index in [0.29, 0.717) is 22.1 Å². The van der Waals surface area contributed by atoms with Crippen molar-refractivity contribution in [2.24, 2.45) is 0 Å². The van der Waals surface area contributed by atoms with Crippen LogP contribution in [0.2, 0.25) is 5.02 Å². The summed E-state index contributed by atoms with van der Waals surface area (Å²) in [6, 6.07) is 6.47. The van der Waals surface area contributed by atoms with E-state index in [4.69, 9.17) is 17.3 Å². The van der Waals surface area contributed by atoms with Gasteiger partial charge in [-0.25, -0.2) is 0 Å². The molecule has 1 aromatic carbocycles. The highest BCUT2D eigenvalue weighted by Crippen LogP contribution is 2.20. The van der Waals surface area contributed by atoms with Crippen LogP contribution < -0.4 is 11.1 Å². The maximum atomic E-state index is 11.9. The van der Waals surface area contributed by atoms with Crippen molar-refractivity contribution in [1.29, 1.82) is 0 Å². The molecule has 1 aromatic heterocycles. The summed E-state index contributed by atoms with van der Waals surface area (Å²) >= 11 is 5.92.